The number of aromatic nitrogens is 1. The van der Waals surface area contributed by atoms with Crippen molar-refractivity contribution in [3.05, 3.63) is 30.1 Å². The van der Waals surface area contributed by atoms with E-state index < -0.39 is 58.1 Å². The molecule has 0 saturated carbocycles. The molecule has 1 amide bonds. The molecule has 1 aromatic rings. The molecule has 0 bridgehead atoms. The molecule has 2 heterocycles. The Balaban J connectivity index is 0.000000479. The van der Waals surface area contributed by atoms with Crippen LogP contribution in [0.3, 0.4) is 0 Å². The van der Waals surface area contributed by atoms with Crippen molar-refractivity contribution < 1.29 is 44.6 Å². The highest BCUT2D eigenvalue weighted by Crippen LogP contribution is 2.40. The number of carbonyl (C=O) groups is 3. The monoisotopic (exact) mass is 624 g/mol. The summed E-state index contributed by atoms with van der Waals surface area (Å²) < 4.78 is 67.5. The third-order valence-electron chi connectivity index (χ3n) is 7.46. The standard InChI is InChI=1S/C20H28N2O4.C7H15F3O3SSi/c1-4-20(2,3)17(23)18(24)22-12-6-10-16(22)19(25)26-13-7-9-15-8-5-11-21-14-15;1-6(2,3)15(4,5)13-14(11,12)7(8,9)10/h5,8,11,14,16H,4,6-7,9-10,12-13H2,1-3H3;1-5H3. The quantitative estimate of drug-likeness (QED) is 0.111. The molecule has 14 heteroatoms. The molecule has 1 aliphatic heterocycles. The average Bonchev–Trinajstić information content (AvgIpc) is 3.35. The number of aryl methyl sites for hydroxylation is 1. The van der Waals surface area contributed by atoms with Crippen molar-refractivity contribution in [2.24, 2.45) is 5.41 Å². The molecule has 0 radical (unpaired) electrons. The molecule has 1 saturated heterocycles. The van der Waals surface area contributed by atoms with E-state index in [4.69, 9.17) is 4.74 Å². The summed E-state index contributed by atoms with van der Waals surface area (Å²) in [5.41, 5.74) is -4.96. The van der Waals surface area contributed by atoms with E-state index in [9.17, 15) is 36.0 Å². The van der Waals surface area contributed by atoms with Crippen LogP contribution in [0, 0.1) is 5.41 Å². The summed E-state index contributed by atoms with van der Waals surface area (Å²) >= 11 is 0. The zero-order chi connectivity index (χ0) is 31.9. The molecule has 234 valence electrons. The SMILES string of the molecule is CC(C)(C)[Si](C)(C)OS(=O)(=O)C(F)(F)F.CCC(C)(C)C(=O)C(=O)N1CCCC1C(=O)OCCCc1cccnc1. The first-order valence-corrected chi connectivity index (χ1v) is 17.8. The van der Waals surface area contributed by atoms with Gasteiger partial charge in [0.1, 0.15) is 6.04 Å². The summed E-state index contributed by atoms with van der Waals surface area (Å²) in [5, 5.41) is -0.592. The molecular formula is C27H43F3N2O7SSi. The van der Waals surface area contributed by atoms with Crippen LogP contribution in [0.25, 0.3) is 0 Å². The lowest BCUT2D eigenvalue weighted by atomic mass is 9.84. The highest BCUT2D eigenvalue weighted by atomic mass is 32.2. The number of amides is 1. The largest absolute Gasteiger partial charge is 0.522 e. The van der Waals surface area contributed by atoms with Crippen molar-refractivity contribution in [2.45, 2.75) is 103 Å². The zero-order valence-electron chi connectivity index (χ0n) is 25.1. The first-order valence-electron chi connectivity index (χ1n) is 13.5. The second-order valence-corrected chi connectivity index (χ2v) is 18.7. The molecule has 1 unspecified atom stereocenters. The summed E-state index contributed by atoms with van der Waals surface area (Å²) in [6.07, 6.45) is 6.82. The van der Waals surface area contributed by atoms with E-state index in [0.717, 1.165) is 12.0 Å². The smallest absolute Gasteiger partial charge is 0.464 e. The van der Waals surface area contributed by atoms with Crippen LogP contribution in [0.2, 0.25) is 18.1 Å². The topological polar surface area (TPSA) is 120 Å². The van der Waals surface area contributed by atoms with Crippen molar-refractivity contribution >= 4 is 36.1 Å². The maximum atomic E-state index is 12.5. The average molecular weight is 625 g/mol. The third kappa shape index (κ3) is 10.5. The molecule has 0 N–H and O–H groups in total. The lowest BCUT2D eigenvalue weighted by Crippen LogP contribution is -2.48. The fourth-order valence-corrected chi connectivity index (χ4v) is 6.95. The Bertz CT molecular complexity index is 1150. The van der Waals surface area contributed by atoms with Gasteiger partial charge in [0.25, 0.3) is 5.91 Å². The minimum Gasteiger partial charge on any atom is -0.464 e. The van der Waals surface area contributed by atoms with Gasteiger partial charge in [-0.2, -0.15) is 21.6 Å². The maximum absolute atomic E-state index is 12.5. The van der Waals surface area contributed by atoms with Gasteiger partial charge >= 0.3 is 21.6 Å². The number of esters is 1. The van der Waals surface area contributed by atoms with Crippen molar-refractivity contribution in [1.29, 1.82) is 0 Å². The lowest BCUT2D eigenvalue weighted by molar-refractivity contribution is -0.157. The molecule has 1 fully saturated rings. The van der Waals surface area contributed by atoms with Crippen molar-refractivity contribution in [1.82, 2.24) is 9.88 Å². The molecular weight excluding hydrogens is 581 g/mol. The number of ether oxygens (including phenoxy) is 1. The Morgan fingerprint density at radius 1 is 1.12 bits per heavy atom. The van der Waals surface area contributed by atoms with Crippen LogP contribution in [-0.4, -0.2) is 69.0 Å². The highest BCUT2D eigenvalue weighted by molar-refractivity contribution is 7.88. The van der Waals surface area contributed by atoms with E-state index in [1.807, 2.05) is 19.1 Å². The summed E-state index contributed by atoms with van der Waals surface area (Å²) in [7, 11) is -8.43. The van der Waals surface area contributed by atoms with Gasteiger partial charge in [-0.15, -0.1) is 0 Å². The Morgan fingerprint density at radius 2 is 1.73 bits per heavy atom. The van der Waals surface area contributed by atoms with Gasteiger partial charge in [0.05, 0.1) is 6.61 Å². The zero-order valence-corrected chi connectivity index (χ0v) is 26.9. The normalized spacial score (nSPS) is 16.6. The van der Waals surface area contributed by atoms with Gasteiger partial charge in [-0.25, -0.2) is 4.79 Å². The summed E-state index contributed by atoms with van der Waals surface area (Å²) in [6.45, 7) is 14.0. The Morgan fingerprint density at radius 3 is 2.22 bits per heavy atom. The number of halogens is 3. The number of Topliss-reactive ketones (excluding diaryl/α,β-unsaturated/α-hetero) is 1. The van der Waals surface area contributed by atoms with Crippen LogP contribution < -0.4 is 0 Å². The molecule has 1 atom stereocenters. The van der Waals surface area contributed by atoms with Crippen molar-refractivity contribution in [3.63, 3.8) is 0 Å². The molecule has 2 rings (SSSR count). The number of nitrogens with zero attached hydrogens (tertiary/aromatic N) is 2. The number of hydrogen-bond donors (Lipinski definition) is 0. The van der Waals surface area contributed by atoms with Crippen LogP contribution in [-0.2, 0) is 39.5 Å². The lowest BCUT2D eigenvalue weighted by Gasteiger charge is -2.35. The van der Waals surface area contributed by atoms with Gasteiger partial charge < -0.3 is 13.5 Å². The summed E-state index contributed by atoms with van der Waals surface area (Å²) in [5.74, 6) is -1.41. The fraction of sp³-hybridized carbons (Fsp3) is 0.704. The number of carbonyl (C=O) groups excluding carboxylic acids is 3. The molecule has 1 aliphatic rings. The molecule has 9 nitrogen and oxygen atoms in total. The number of likely N-dealkylation sites (tertiary alicyclic amines) is 1. The first-order chi connectivity index (χ1) is 18.6. The van der Waals surface area contributed by atoms with E-state index in [0.29, 0.717) is 38.8 Å². The minimum atomic E-state index is -5.48. The second-order valence-electron chi connectivity index (χ2n) is 12.1. The number of pyridine rings is 1. The molecule has 0 aliphatic carbocycles. The Kier molecular flexibility index (Phi) is 12.7. The van der Waals surface area contributed by atoms with Crippen molar-refractivity contribution in [3.8, 4) is 0 Å². The molecule has 1 aromatic heterocycles. The minimum absolute atomic E-state index is 0.292. The number of alkyl halides is 3. The van der Waals surface area contributed by atoms with Crippen LogP contribution in [0.15, 0.2) is 24.5 Å². The van der Waals surface area contributed by atoms with Gasteiger partial charge in [0.2, 0.25) is 14.1 Å². The predicted molar refractivity (Wildman–Crippen MR) is 151 cm³/mol. The molecule has 0 spiro atoms. The summed E-state index contributed by atoms with van der Waals surface area (Å²) in [4.78, 5) is 42.8. The fourth-order valence-electron chi connectivity index (χ4n) is 3.37. The highest BCUT2D eigenvalue weighted by Gasteiger charge is 2.53. The maximum Gasteiger partial charge on any atom is 0.522 e. The van der Waals surface area contributed by atoms with Gasteiger partial charge in [-0.05, 0) is 61.9 Å². The van der Waals surface area contributed by atoms with E-state index in [2.05, 4.69) is 8.86 Å². The number of hydrogen-bond acceptors (Lipinski definition) is 8. The summed E-state index contributed by atoms with van der Waals surface area (Å²) in [6, 6.07) is 3.21. The van der Waals surface area contributed by atoms with Gasteiger partial charge in [-0.1, -0.05) is 47.6 Å². The molecule has 41 heavy (non-hydrogen) atoms. The van der Waals surface area contributed by atoms with E-state index in [1.54, 1.807) is 47.0 Å². The number of rotatable bonds is 10. The van der Waals surface area contributed by atoms with Gasteiger partial charge in [0, 0.05) is 24.4 Å². The van der Waals surface area contributed by atoms with Crippen LogP contribution in [0.1, 0.15) is 72.8 Å². The van der Waals surface area contributed by atoms with Crippen LogP contribution >= 0.6 is 0 Å². The van der Waals surface area contributed by atoms with Gasteiger partial charge in [-0.3, -0.25) is 14.6 Å². The molecule has 0 aromatic carbocycles. The van der Waals surface area contributed by atoms with Crippen LogP contribution in [0.5, 0.6) is 0 Å². The van der Waals surface area contributed by atoms with E-state index in [1.165, 1.54) is 18.0 Å². The second kappa shape index (κ2) is 14.2. The van der Waals surface area contributed by atoms with E-state index >= 15 is 0 Å². The van der Waals surface area contributed by atoms with Crippen LogP contribution in [0.4, 0.5) is 13.2 Å². The van der Waals surface area contributed by atoms with Gasteiger partial charge in [0.15, 0.2) is 0 Å². The first kappa shape index (κ1) is 36.7. The Hall–Kier alpha value is -2.32. The number of ketones is 1. The predicted octanol–water partition coefficient (Wildman–Crippen LogP) is 5.41. The Labute approximate surface area is 242 Å². The third-order valence-corrected chi connectivity index (χ3v) is 14.2. The van der Waals surface area contributed by atoms with Crippen molar-refractivity contribution in [2.75, 3.05) is 13.2 Å². The van der Waals surface area contributed by atoms with E-state index in [-0.39, 0.29) is 0 Å².